The van der Waals surface area contributed by atoms with E-state index in [0.717, 1.165) is 24.9 Å². The number of rotatable bonds is 8. The van der Waals surface area contributed by atoms with Crippen LogP contribution >= 0.6 is 12.2 Å². The smallest absolute Gasteiger partial charge is 0.260 e. The highest BCUT2D eigenvalue weighted by Gasteiger charge is 2.11. The number of nitrogens with zero attached hydrogens (tertiary/aromatic N) is 1. The second-order valence-electron chi connectivity index (χ2n) is 4.50. The Morgan fingerprint density at radius 1 is 1.30 bits per heavy atom. The maximum atomic E-state index is 12.0. The van der Waals surface area contributed by atoms with E-state index in [-0.39, 0.29) is 12.5 Å². The average molecular weight is 294 g/mol. The van der Waals surface area contributed by atoms with E-state index >= 15 is 0 Å². The molecule has 0 unspecified atom stereocenters. The number of amides is 1. The highest BCUT2D eigenvalue weighted by molar-refractivity contribution is 7.80. The Hall–Kier alpha value is -1.62. The molecule has 4 nitrogen and oxygen atoms in total. The Morgan fingerprint density at radius 3 is 2.45 bits per heavy atom. The number of carbonyl (C=O) groups is 1. The molecule has 1 amide bonds. The predicted octanol–water partition coefficient (Wildman–Crippen LogP) is 2.35. The molecule has 0 bridgehead atoms. The minimum atomic E-state index is 0.0133. The van der Waals surface area contributed by atoms with E-state index in [2.05, 4.69) is 6.92 Å². The van der Waals surface area contributed by atoms with Crippen molar-refractivity contribution in [2.24, 2.45) is 5.73 Å². The monoisotopic (exact) mass is 294 g/mol. The average Bonchev–Trinajstić information content (AvgIpc) is 2.46. The molecule has 1 rings (SSSR count). The summed E-state index contributed by atoms with van der Waals surface area (Å²) in [4.78, 5) is 14.2. The molecule has 0 aliphatic heterocycles. The molecule has 0 aromatic heterocycles. The number of nitrogens with two attached hydrogens (primary N) is 1. The van der Waals surface area contributed by atoms with E-state index in [1.54, 1.807) is 24.3 Å². The number of unbranched alkanes of at least 4 members (excludes halogenated alkanes) is 1. The fourth-order valence-corrected chi connectivity index (χ4v) is 1.90. The normalized spacial score (nSPS) is 10.1. The van der Waals surface area contributed by atoms with Gasteiger partial charge in [0, 0.05) is 18.7 Å². The first-order chi connectivity index (χ1) is 9.58. The summed E-state index contributed by atoms with van der Waals surface area (Å²) < 4.78 is 5.49. The van der Waals surface area contributed by atoms with Crippen LogP contribution in [-0.4, -0.2) is 35.5 Å². The maximum absolute atomic E-state index is 12.0. The van der Waals surface area contributed by atoms with Gasteiger partial charge in [-0.3, -0.25) is 4.79 Å². The van der Waals surface area contributed by atoms with Gasteiger partial charge in [-0.25, -0.2) is 0 Å². The molecule has 20 heavy (non-hydrogen) atoms. The van der Waals surface area contributed by atoms with Crippen LogP contribution in [0, 0.1) is 0 Å². The van der Waals surface area contributed by atoms with Crippen molar-refractivity contribution < 1.29 is 9.53 Å². The van der Waals surface area contributed by atoms with Crippen LogP contribution in [0.2, 0.25) is 0 Å². The molecule has 2 N–H and O–H groups in total. The van der Waals surface area contributed by atoms with Gasteiger partial charge in [0.05, 0.1) is 0 Å². The third-order valence-corrected chi connectivity index (χ3v) is 3.25. The summed E-state index contributed by atoms with van der Waals surface area (Å²) in [5.41, 5.74) is 6.31. The van der Waals surface area contributed by atoms with Gasteiger partial charge in [-0.1, -0.05) is 25.6 Å². The van der Waals surface area contributed by atoms with Gasteiger partial charge in [0.25, 0.3) is 5.91 Å². The van der Waals surface area contributed by atoms with E-state index in [1.165, 1.54) is 0 Å². The van der Waals surface area contributed by atoms with Crippen LogP contribution in [-0.2, 0) is 4.79 Å². The molecule has 0 saturated heterocycles. The first-order valence-electron chi connectivity index (χ1n) is 6.88. The van der Waals surface area contributed by atoms with E-state index in [0.29, 0.717) is 17.3 Å². The topological polar surface area (TPSA) is 55.6 Å². The quantitative estimate of drug-likeness (QED) is 0.748. The van der Waals surface area contributed by atoms with Crippen LogP contribution in [0.3, 0.4) is 0 Å². The van der Waals surface area contributed by atoms with Crippen molar-refractivity contribution >= 4 is 23.1 Å². The van der Waals surface area contributed by atoms with Gasteiger partial charge in [0.1, 0.15) is 10.7 Å². The van der Waals surface area contributed by atoms with Crippen LogP contribution in [0.1, 0.15) is 32.3 Å². The van der Waals surface area contributed by atoms with E-state index in [9.17, 15) is 4.79 Å². The number of benzene rings is 1. The van der Waals surface area contributed by atoms with Gasteiger partial charge >= 0.3 is 0 Å². The molecule has 110 valence electrons. The zero-order valence-electron chi connectivity index (χ0n) is 12.1. The summed E-state index contributed by atoms with van der Waals surface area (Å²) in [5.74, 6) is 0.657. The number of hydrogen-bond donors (Lipinski definition) is 1. The summed E-state index contributed by atoms with van der Waals surface area (Å²) >= 11 is 4.88. The van der Waals surface area contributed by atoms with Gasteiger partial charge in [0.15, 0.2) is 6.61 Å². The molecule has 0 radical (unpaired) electrons. The molecule has 5 heteroatoms. The third kappa shape index (κ3) is 5.17. The molecule has 0 heterocycles. The summed E-state index contributed by atoms with van der Waals surface area (Å²) in [7, 11) is 0. The molecule has 0 fully saturated rings. The lowest BCUT2D eigenvalue weighted by molar-refractivity contribution is -0.133. The van der Waals surface area contributed by atoms with Crippen molar-refractivity contribution in [2.45, 2.75) is 26.7 Å². The third-order valence-electron chi connectivity index (χ3n) is 3.02. The number of thiocarbonyl (C=S) groups is 1. The fraction of sp³-hybridized carbons (Fsp3) is 0.467. The van der Waals surface area contributed by atoms with E-state index in [1.807, 2.05) is 11.8 Å². The zero-order chi connectivity index (χ0) is 15.0. The molecule has 0 saturated carbocycles. The van der Waals surface area contributed by atoms with Crippen LogP contribution in [0.5, 0.6) is 5.75 Å². The molecular weight excluding hydrogens is 272 g/mol. The Kier molecular flexibility index (Phi) is 7.01. The molecule has 1 aromatic carbocycles. The summed E-state index contributed by atoms with van der Waals surface area (Å²) in [5, 5.41) is 0. The van der Waals surface area contributed by atoms with Crippen LogP contribution < -0.4 is 10.5 Å². The standard InChI is InChI=1S/C15H22N2O2S/c1-3-5-10-17(4-2)14(18)11-19-13-8-6-12(7-9-13)15(16)20/h6-9H,3-5,10-11H2,1-2H3,(H2,16,20). The minimum Gasteiger partial charge on any atom is -0.484 e. The predicted molar refractivity (Wildman–Crippen MR) is 85.0 cm³/mol. The second-order valence-corrected chi connectivity index (χ2v) is 4.94. The van der Waals surface area contributed by atoms with Crippen molar-refractivity contribution in [1.29, 1.82) is 0 Å². The lowest BCUT2D eigenvalue weighted by atomic mass is 10.2. The molecular formula is C15H22N2O2S. The fourth-order valence-electron chi connectivity index (χ4n) is 1.76. The lowest BCUT2D eigenvalue weighted by Gasteiger charge is -2.20. The van der Waals surface area contributed by atoms with E-state index < -0.39 is 0 Å². The van der Waals surface area contributed by atoms with Crippen molar-refractivity contribution in [3.8, 4) is 5.75 Å². The Morgan fingerprint density at radius 2 is 1.95 bits per heavy atom. The molecule has 1 aromatic rings. The van der Waals surface area contributed by atoms with Gasteiger partial charge in [0.2, 0.25) is 0 Å². The van der Waals surface area contributed by atoms with Crippen molar-refractivity contribution in [2.75, 3.05) is 19.7 Å². The first-order valence-corrected chi connectivity index (χ1v) is 7.29. The minimum absolute atomic E-state index is 0.0133. The van der Waals surface area contributed by atoms with Crippen molar-refractivity contribution in [3.05, 3.63) is 29.8 Å². The first kappa shape index (κ1) is 16.4. The summed E-state index contributed by atoms with van der Waals surface area (Å²) in [6.45, 7) is 5.64. The van der Waals surface area contributed by atoms with E-state index in [4.69, 9.17) is 22.7 Å². The number of ether oxygens (including phenoxy) is 1. The summed E-state index contributed by atoms with van der Waals surface area (Å²) in [6.07, 6.45) is 2.09. The van der Waals surface area contributed by atoms with Crippen molar-refractivity contribution in [1.82, 2.24) is 4.90 Å². The van der Waals surface area contributed by atoms with Gasteiger partial charge in [-0.2, -0.15) is 0 Å². The van der Waals surface area contributed by atoms with Gasteiger partial charge < -0.3 is 15.4 Å². The molecule has 0 atom stereocenters. The van der Waals surface area contributed by atoms with Gasteiger partial charge in [-0.05, 0) is 37.6 Å². The summed E-state index contributed by atoms with van der Waals surface area (Å²) in [6, 6.07) is 7.11. The van der Waals surface area contributed by atoms with Crippen LogP contribution in [0.25, 0.3) is 0 Å². The SMILES string of the molecule is CCCCN(CC)C(=O)COc1ccc(C(N)=S)cc1. The molecule has 0 aliphatic carbocycles. The number of likely N-dealkylation sites (N-methyl/N-ethyl adjacent to an activating group) is 1. The largest absolute Gasteiger partial charge is 0.484 e. The van der Waals surface area contributed by atoms with Crippen molar-refractivity contribution in [3.63, 3.8) is 0 Å². The van der Waals surface area contributed by atoms with Crippen LogP contribution in [0.4, 0.5) is 0 Å². The molecule has 0 aliphatic rings. The lowest BCUT2D eigenvalue weighted by Crippen LogP contribution is -2.35. The second kappa shape index (κ2) is 8.53. The Labute approximate surface area is 125 Å². The Bertz CT molecular complexity index is 446. The Balaban J connectivity index is 2.49. The number of carbonyl (C=O) groups excluding carboxylic acids is 1. The highest BCUT2D eigenvalue weighted by atomic mass is 32.1. The highest BCUT2D eigenvalue weighted by Crippen LogP contribution is 2.12. The van der Waals surface area contributed by atoms with Crippen LogP contribution in [0.15, 0.2) is 24.3 Å². The maximum Gasteiger partial charge on any atom is 0.260 e. The zero-order valence-corrected chi connectivity index (χ0v) is 12.9. The van der Waals surface area contributed by atoms with Gasteiger partial charge in [-0.15, -0.1) is 0 Å². The number of hydrogen-bond acceptors (Lipinski definition) is 3. The molecule has 0 spiro atoms.